The molecule has 146 valence electrons. The third-order valence-corrected chi connectivity index (χ3v) is 5.28. The van der Waals surface area contributed by atoms with E-state index in [-0.39, 0.29) is 29.9 Å². The number of benzene rings is 1. The molecule has 2 aliphatic rings. The Hall–Kier alpha value is -1.85. The maximum absolute atomic E-state index is 12.7. The molecule has 1 saturated carbocycles. The van der Waals surface area contributed by atoms with Crippen molar-refractivity contribution in [2.75, 3.05) is 13.1 Å². The molecule has 0 spiro atoms. The molecule has 2 heterocycles. The zero-order chi connectivity index (χ0) is 18.3. The van der Waals surface area contributed by atoms with Crippen LogP contribution >= 0.6 is 12.4 Å². The van der Waals surface area contributed by atoms with E-state index in [0.717, 1.165) is 13.0 Å². The minimum Gasteiger partial charge on any atom is -0.349 e. The molecule has 1 unspecified atom stereocenters. The summed E-state index contributed by atoms with van der Waals surface area (Å²) in [5, 5.41) is 11.2. The van der Waals surface area contributed by atoms with Crippen molar-refractivity contribution in [1.29, 1.82) is 0 Å². The highest BCUT2D eigenvalue weighted by molar-refractivity contribution is 5.92. The van der Waals surface area contributed by atoms with Crippen LogP contribution in [0.3, 0.4) is 0 Å². The maximum atomic E-state index is 12.7. The quantitative estimate of drug-likeness (QED) is 0.841. The Labute approximate surface area is 167 Å². The number of amides is 1. The molecule has 5 nitrogen and oxygen atoms in total. The number of aromatic nitrogens is 2. The molecule has 1 amide bonds. The molecule has 2 N–H and O–H groups in total. The average Bonchev–Trinajstić information content (AvgIpc) is 3.36. The Morgan fingerprint density at radius 2 is 2.04 bits per heavy atom. The SMILES string of the molecule is CC(C)(C)n1nc(C(=O)NCC2NCCc3ccccc32)cc1C1CC1.Cl. The molecule has 0 radical (unpaired) electrons. The summed E-state index contributed by atoms with van der Waals surface area (Å²) in [6.07, 6.45) is 3.44. The van der Waals surface area contributed by atoms with Gasteiger partial charge in [-0.15, -0.1) is 12.4 Å². The van der Waals surface area contributed by atoms with Gasteiger partial charge in [0.2, 0.25) is 0 Å². The van der Waals surface area contributed by atoms with Crippen LogP contribution in [0, 0.1) is 0 Å². The van der Waals surface area contributed by atoms with E-state index >= 15 is 0 Å². The van der Waals surface area contributed by atoms with Gasteiger partial charge in [-0.25, -0.2) is 0 Å². The number of hydrogen-bond acceptors (Lipinski definition) is 3. The van der Waals surface area contributed by atoms with E-state index in [1.54, 1.807) is 0 Å². The van der Waals surface area contributed by atoms with Gasteiger partial charge >= 0.3 is 0 Å². The van der Waals surface area contributed by atoms with Crippen LogP contribution in [-0.4, -0.2) is 28.8 Å². The van der Waals surface area contributed by atoms with Crippen LogP contribution < -0.4 is 10.6 Å². The summed E-state index contributed by atoms with van der Waals surface area (Å²) in [4.78, 5) is 12.7. The minimum absolute atomic E-state index is 0. The summed E-state index contributed by atoms with van der Waals surface area (Å²) in [6, 6.07) is 10.6. The first-order chi connectivity index (χ1) is 12.4. The van der Waals surface area contributed by atoms with E-state index in [0.29, 0.717) is 18.2 Å². The van der Waals surface area contributed by atoms with Crippen LogP contribution in [0.25, 0.3) is 0 Å². The normalized spacial score (nSPS) is 19.1. The van der Waals surface area contributed by atoms with E-state index in [2.05, 4.69) is 60.8 Å². The molecule has 1 fully saturated rings. The molecule has 0 bridgehead atoms. The molecule has 2 aromatic rings. The first kappa shape index (κ1) is 19.9. The van der Waals surface area contributed by atoms with Crippen molar-refractivity contribution in [3.8, 4) is 0 Å². The predicted octanol–water partition coefficient (Wildman–Crippen LogP) is 3.55. The van der Waals surface area contributed by atoms with Gasteiger partial charge in [0.1, 0.15) is 5.69 Å². The summed E-state index contributed by atoms with van der Waals surface area (Å²) in [7, 11) is 0. The van der Waals surface area contributed by atoms with E-state index in [4.69, 9.17) is 0 Å². The number of carbonyl (C=O) groups is 1. The van der Waals surface area contributed by atoms with Gasteiger partial charge < -0.3 is 10.6 Å². The van der Waals surface area contributed by atoms with Gasteiger partial charge in [-0.1, -0.05) is 24.3 Å². The lowest BCUT2D eigenvalue weighted by atomic mass is 9.94. The predicted molar refractivity (Wildman–Crippen MR) is 110 cm³/mol. The second-order valence-electron chi connectivity index (χ2n) is 8.48. The van der Waals surface area contributed by atoms with E-state index < -0.39 is 0 Å². The molecule has 1 aromatic heterocycles. The number of halogens is 1. The van der Waals surface area contributed by atoms with Crippen molar-refractivity contribution in [2.45, 2.75) is 57.5 Å². The molecule has 6 heteroatoms. The van der Waals surface area contributed by atoms with E-state index in [9.17, 15) is 4.79 Å². The van der Waals surface area contributed by atoms with Crippen molar-refractivity contribution in [3.05, 3.63) is 52.8 Å². The monoisotopic (exact) mass is 388 g/mol. The highest BCUT2D eigenvalue weighted by Gasteiger charge is 2.32. The molecule has 0 saturated heterocycles. The van der Waals surface area contributed by atoms with Crippen LogP contribution in [0.1, 0.15) is 72.9 Å². The number of hydrogen-bond donors (Lipinski definition) is 2. The Balaban J connectivity index is 0.00000210. The van der Waals surface area contributed by atoms with Crippen molar-refractivity contribution >= 4 is 18.3 Å². The zero-order valence-corrected chi connectivity index (χ0v) is 17.1. The topological polar surface area (TPSA) is 59.0 Å². The van der Waals surface area contributed by atoms with Crippen LogP contribution in [0.2, 0.25) is 0 Å². The van der Waals surface area contributed by atoms with Crippen LogP contribution in [0.5, 0.6) is 0 Å². The lowest BCUT2D eigenvalue weighted by molar-refractivity contribution is 0.0942. The minimum atomic E-state index is -0.111. The summed E-state index contributed by atoms with van der Waals surface area (Å²) < 4.78 is 2.04. The molecule has 1 aliphatic carbocycles. The third-order valence-electron chi connectivity index (χ3n) is 5.28. The summed E-state index contributed by atoms with van der Waals surface area (Å²) >= 11 is 0. The number of nitrogens with one attached hydrogen (secondary N) is 2. The Kier molecular flexibility index (Phi) is 5.63. The standard InChI is InChI=1S/C21H28N4O.ClH/c1-21(2,3)25-19(15-8-9-15)12-17(24-25)20(26)23-13-18-16-7-5-4-6-14(16)10-11-22-18;/h4-7,12,15,18,22H,8-11,13H2,1-3H3,(H,23,26);1H. The second-order valence-corrected chi connectivity index (χ2v) is 8.48. The Bertz CT molecular complexity index is 820. The first-order valence-electron chi connectivity index (χ1n) is 9.63. The summed E-state index contributed by atoms with van der Waals surface area (Å²) in [5.74, 6) is 0.481. The largest absolute Gasteiger partial charge is 0.349 e. The van der Waals surface area contributed by atoms with E-state index in [1.165, 1.54) is 29.7 Å². The maximum Gasteiger partial charge on any atom is 0.271 e. The number of fused-ring (bicyclic) bond motifs is 1. The fraction of sp³-hybridized carbons (Fsp3) is 0.524. The fourth-order valence-corrected chi connectivity index (χ4v) is 3.77. The highest BCUT2D eigenvalue weighted by atomic mass is 35.5. The average molecular weight is 389 g/mol. The lowest BCUT2D eigenvalue weighted by Crippen LogP contribution is -2.39. The van der Waals surface area contributed by atoms with Gasteiger partial charge in [-0.05, 0) is 63.8 Å². The first-order valence-corrected chi connectivity index (χ1v) is 9.63. The van der Waals surface area contributed by atoms with Crippen LogP contribution in [0.4, 0.5) is 0 Å². The van der Waals surface area contributed by atoms with Gasteiger partial charge in [-0.2, -0.15) is 5.10 Å². The van der Waals surface area contributed by atoms with Gasteiger partial charge in [0.25, 0.3) is 5.91 Å². The van der Waals surface area contributed by atoms with Gasteiger partial charge in [0, 0.05) is 24.2 Å². The molecule has 4 rings (SSSR count). The van der Waals surface area contributed by atoms with Crippen LogP contribution in [0.15, 0.2) is 30.3 Å². The summed E-state index contributed by atoms with van der Waals surface area (Å²) in [6.45, 7) is 7.93. The Morgan fingerprint density at radius 1 is 1.30 bits per heavy atom. The second kappa shape index (κ2) is 7.64. The highest BCUT2D eigenvalue weighted by Crippen LogP contribution is 2.41. The molecule has 1 aliphatic heterocycles. The van der Waals surface area contributed by atoms with Crippen molar-refractivity contribution in [1.82, 2.24) is 20.4 Å². The van der Waals surface area contributed by atoms with Gasteiger partial charge in [0.15, 0.2) is 0 Å². The molecular weight excluding hydrogens is 360 g/mol. The van der Waals surface area contributed by atoms with Gasteiger partial charge in [0.05, 0.1) is 5.54 Å². The van der Waals surface area contributed by atoms with E-state index in [1.807, 2.05) is 10.7 Å². The zero-order valence-electron chi connectivity index (χ0n) is 16.3. The smallest absolute Gasteiger partial charge is 0.271 e. The molecule has 1 aromatic carbocycles. The number of carbonyl (C=O) groups excluding carboxylic acids is 1. The molecular formula is C21H29ClN4O. The van der Waals surface area contributed by atoms with Gasteiger partial charge in [-0.3, -0.25) is 9.48 Å². The third kappa shape index (κ3) is 4.19. The Morgan fingerprint density at radius 3 is 2.74 bits per heavy atom. The lowest BCUT2D eigenvalue weighted by Gasteiger charge is -2.27. The van der Waals surface area contributed by atoms with Crippen LogP contribution in [-0.2, 0) is 12.0 Å². The molecule has 27 heavy (non-hydrogen) atoms. The number of rotatable bonds is 4. The molecule has 1 atom stereocenters. The van der Waals surface area contributed by atoms with Crippen molar-refractivity contribution in [2.24, 2.45) is 0 Å². The number of nitrogens with zero attached hydrogens (tertiary/aromatic N) is 2. The fourth-order valence-electron chi connectivity index (χ4n) is 3.77. The summed E-state index contributed by atoms with van der Waals surface area (Å²) in [5.41, 5.74) is 4.28. The van der Waals surface area contributed by atoms with Crippen molar-refractivity contribution < 1.29 is 4.79 Å². The van der Waals surface area contributed by atoms with Crippen molar-refractivity contribution in [3.63, 3.8) is 0 Å².